The summed E-state index contributed by atoms with van der Waals surface area (Å²) >= 11 is 0. The summed E-state index contributed by atoms with van der Waals surface area (Å²) in [5.41, 5.74) is 1.74. The average molecular weight is 412 g/mol. The molecule has 0 unspecified atom stereocenters. The predicted molar refractivity (Wildman–Crippen MR) is 114 cm³/mol. The molecule has 7 heteroatoms. The fourth-order valence-electron chi connectivity index (χ4n) is 2.57. The van der Waals surface area contributed by atoms with E-state index < -0.39 is 18.5 Å². The van der Waals surface area contributed by atoms with Crippen molar-refractivity contribution in [3.63, 3.8) is 0 Å². The van der Waals surface area contributed by atoms with E-state index in [1.54, 1.807) is 12.1 Å². The molecular weight excluding hydrogens is 384 g/mol. The maximum Gasteiger partial charge on any atom is 0.344 e. The second-order valence-electron chi connectivity index (χ2n) is 7.89. The summed E-state index contributed by atoms with van der Waals surface area (Å²) in [6.07, 6.45) is 0. The number of carbonyl (C=O) groups is 3. The molecule has 2 aromatic rings. The zero-order valence-corrected chi connectivity index (χ0v) is 17.8. The van der Waals surface area contributed by atoms with Crippen LogP contribution < -0.4 is 10.1 Å². The van der Waals surface area contributed by atoms with Crippen molar-refractivity contribution in [2.45, 2.75) is 26.3 Å². The summed E-state index contributed by atoms with van der Waals surface area (Å²) in [6.45, 7) is 4.68. The molecule has 1 N–H and O–H groups in total. The standard InChI is InChI=1S/C23H28N2O5/c1-23(2,3)24-20(26)14-25(4)21(27)15-30-22(28)16-29-19-12-10-18(11-13-19)17-8-6-5-7-9-17/h5-13H,14-16H2,1-4H3,(H,24,26). The molecular formula is C23H28N2O5. The monoisotopic (exact) mass is 412 g/mol. The van der Waals surface area contributed by atoms with Crippen LogP contribution in [0.3, 0.4) is 0 Å². The van der Waals surface area contributed by atoms with Gasteiger partial charge in [0.25, 0.3) is 5.91 Å². The molecule has 30 heavy (non-hydrogen) atoms. The molecule has 2 aromatic carbocycles. The summed E-state index contributed by atoms with van der Waals surface area (Å²) in [7, 11) is 1.48. The number of nitrogens with one attached hydrogen (secondary N) is 1. The third-order valence-electron chi connectivity index (χ3n) is 4.00. The number of rotatable bonds is 8. The Balaban J connectivity index is 1.73. The Hall–Kier alpha value is -3.35. The Morgan fingerprint density at radius 3 is 2.10 bits per heavy atom. The molecule has 0 saturated heterocycles. The average Bonchev–Trinajstić information content (AvgIpc) is 2.70. The van der Waals surface area contributed by atoms with Gasteiger partial charge in [-0.05, 0) is 44.0 Å². The van der Waals surface area contributed by atoms with Crippen LogP contribution in [-0.4, -0.2) is 55.0 Å². The zero-order chi connectivity index (χ0) is 22.1. The van der Waals surface area contributed by atoms with Gasteiger partial charge in [0.05, 0.1) is 6.54 Å². The smallest absolute Gasteiger partial charge is 0.344 e. The Bertz CT molecular complexity index is 857. The third kappa shape index (κ3) is 7.95. The van der Waals surface area contributed by atoms with E-state index in [1.165, 1.54) is 11.9 Å². The zero-order valence-electron chi connectivity index (χ0n) is 17.8. The number of hydrogen-bond donors (Lipinski definition) is 1. The Morgan fingerprint density at radius 2 is 1.50 bits per heavy atom. The number of benzene rings is 2. The van der Waals surface area contributed by atoms with Crippen LogP contribution in [0, 0.1) is 0 Å². The fourth-order valence-corrected chi connectivity index (χ4v) is 2.57. The molecule has 0 heterocycles. The number of likely N-dealkylation sites (N-methyl/N-ethyl adjacent to an activating group) is 1. The largest absolute Gasteiger partial charge is 0.482 e. The van der Waals surface area contributed by atoms with Crippen molar-refractivity contribution in [1.29, 1.82) is 0 Å². The van der Waals surface area contributed by atoms with E-state index in [4.69, 9.17) is 9.47 Å². The van der Waals surface area contributed by atoms with Gasteiger partial charge in [0, 0.05) is 12.6 Å². The summed E-state index contributed by atoms with van der Waals surface area (Å²) in [4.78, 5) is 36.9. The maximum absolute atomic E-state index is 12.0. The molecule has 2 amide bonds. The highest BCUT2D eigenvalue weighted by atomic mass is 16.6. The quantitative estimate of drug-likeness (QED) is 0.674. The van der Waals surface area contributed by atoms with Gasteiger partial charge in [0.1, 0.15) is 5.75 Å². The predicted octanol–water partition coefficient (Wildman–Crippen LogP) is 2.65. The molecule has 7 nitrogen and oxygen atoms in total. The van der Waals surface area contributed by atoms with E-state index in [2.05, 4.69) is 5.32 Å². The van der Waals surface area contributed by atoms with Crippen LogP contribution in [0.2, 0.25) is 0 Å². The van der Waals surface area contributed by atoms with E-state index in [0.29, 0.717) is 5.75 Å². The highest BCUT2D eigenvalue weighted by Gasteiger charge is 2.18. The number of hydrogen-bond acceptors (Lipinski definition) is 5. The van der Waals surface area contributed by atoms with Gasteiger partial charge < -0.3 is 19.7 Å². The molecule has 0 aromatic heterocycles. The van der Waals surface area contributed by atoms with Crippen LogP contribution in [-0.2, 0) is 19.1 Å². The van der Waals surface area contributed by atoms with Gasteiger partial charge in [-0.2, -0.15) is 0 Å². The molecule has 0 atom stereocenters. The second-order valence-corrected chi connectivity index (χ2v) is 7.89. The van der Waals surface area contributed by atoms with Crippen molar-refractivity contribution in [1.82, 2.24) is 10.2 Å². The summed E-state index contributed by atoms with van der Waals surface area (Å²) in [6, 6.07) is 17.2. The second kappa shape index (κ2) is 10.4. The number of esters is 1. The van der Waals surface area contributed by atoms with Crippen LogP contribution >= 0.6 is 0 Å². The molecule has 0 aliphatic carbocycles. The van der Waals surface area contributed by atoms with Crippen molar-refractivity contribution in [3.05, 3.63) is 54.6 Å². The number of carbonyl (C=O) groups excluding carboxylic acids is 3. The van der Waals surface area contributed by atoms with Gasteiger partial charge in [0.15, 0.2) is 13.2 Å². The van der Waals surface area contributed by atoms with E-state index in [-0.39, 0.29) is 24.6 Å². The van der Waals surface area contributed by atoms with E-state index in [1.807, 2.05) is 63.2 Å². The molecule has 2 rings (SSSR count). The van der Waals surface area contributed by atoms with Crippen LogP contribution in [0.15, 0.2) is 54.6 Å². The third-order valence-corrected chi connectivity index (χ3v) is 4.00. The molecule has 160 valence electrons. The van der Waals surface area contributed by atoms with E-state index in [0.717, 1.165) is 11.1 Å². The molecule has 0 aliphatic rings. The van der Waals surface area contributed by atoms with E-state index >= 15 is 0 Å². The summed E-state index contributed by atoms with van der Waals surface area (Å²) < 4.78 is 10.3. The minimum atomic E-state index is -0.664. The van der Waals surface area contributed by atoms with Crippen LogP contribution in [0.1, 0.15) is 20.8 Å². The number of ether oxygens (including phenoxy) is 2. The number of nitrogens with zero attached hydrogens (tertiary/aromatic N) is 1. The van der Waals surface area contributed by atoms with Gasteiger partial charge in [0.2, 0.25) is 5.91 Å². The Labute approximate surface area is 177 Å². The normalized spacial score (nSPS) is 10.8. The van der Waals surface area contributed by atoms with Gasteiger partial charge in [-0.1, -0.05) is 42.5 Å². The first kappa shape index (κ1) is 22.9. The Morgan fingerprint density at radius 1 is 0.900 bits per heavy atom. The molecule has 0 radical (unpaired) electrons. The molecule has 0 fully saturated rings. The van der Waals surface area contributed by atoms with Crippen molar-refractivity contribution < 1.29 is 23.9 Å². The van der Waals surface area contributed by atoms with Crippen LogP contribution in [0.5, 0.6) is 5.75 Å². The van der Waals surface area contributed by atoms with Crippen LogP contribution in [0.25, 0.3) is 11.1 Å². The molecule has 0 saturated carbocycles. The Kier molecular flexibility index (Phi) is 7.98. The van der Waals surface area contributed by atoms with Crippen molar-refractivity contribution >= 4 is 17.8 Å². The summed E-state index contributed by atoms with van der Waals surface area (Å²) in [5.74, 6) is -0.900. The summed E-state index contributed by atoms with van der Waals surface area (Å²) in [5, 5.41) is 2.76. The lowest BCUT2D eigenvalue weighted by molar-refractivity contribution is -0.153. The minimum Gasteiger partial charge on any atom is -0.482 e. The molecule has 0 aliphatic heterocycles. The van der Waals surface area contributed by atoms with Gasteiger partial charge in [-0.25, -0.2) is 4.79 Å². The first-order chi connectivity index (χ1) is 14.1. The van der Waals surface area contributed by atoms with Crippen molar-refractivity contribution in [2.75, 3.05) is 26.8 Å². The van der Waals surface area contributed by atoms with Gasteiger partial charge in [-0.15, -0.1) is 0 Å². The highest BCUT2D eigenvalue weighted by molar-refractivity contribution is 5.86. The first-order valence-corrected chi connectivity index (χ1v) is 9.63. The van der Waals surface area contributed by atoms with Crippen molar-refractivity contribution in [2.24, 2.45) is 0 Å². The maximum atomic E-state index is 12.0. The molecule has 0 spiro atoms. The first-order valence-electron chi connectivity index (χ1n) is 9.63. The van der Waals surface area contributed by atoms with Crippen LogP contribution in [0.4, 0.5) is 0 Å². The fraction of sp³-hybridized carbons (Fsp3) is 0.348. The minimum absolute atomic E-state index is 0.113. The van der Waals surface area contributed by atoms with Gasteiger partial charge in [-0.3, -0.25) is 9.59 Å². The molecule has 0 bridgehead atoms. The van der Waals surface area contributed by atoms with E-state index in [9.17, 15) is 14.4 Å². The van der Waals surface area contributed by atoms with Crippen molar-refractivity contribution in [3.8, 4) is 16.9 Å². The van der Waals surface area contributed by atoms with Gasteiger partial charge >= 0.3 is 5.97 Å². The lowest BCUT2D eigenvalue weighted by Crippen LogP contribution is -2.47. The lowest BCUT2D eigenvalue weighted by atomic mass is 10.1. The topological polar surface area (TPSA) is 84.9 Å². The number of amides is 2. The SMILES string of the molecule is CN(CC(=O)NC(C)(C)C)C(=O)COC(=O)COc1ccc(-c2ccccc2)cc1. The highest BCUT2D eigenvalue weighted by Crippen LogP contribution is 2.21. The lowest BCUT2D eigenvalue weighted by Gasteiger charge is -2.23.